The van der Waals surface area contributed by atoms with E-state index in [1.54, 1.807) is 24.0 Å². The smallest absolute Gasteiger partial charge is 0.259 e. The Morgan fingerprint density at radius 3 is 2.57 bits per heavy atom. The van der Waals surface area contributed by atoms with Crippen LogP contribution < -0.4 is 10.2 Å². The molecule has 0 spiro atoms. The number of pyridine rings is 1. The van der Waals surface area contributed by atoms with Crippen molar-refractivity contribution in [3.05, 3.63) is 71.4 Å². The molecule has 1 fully saturated rings. The van der Waals surface area contributed by atoms with E-state index >= 15 is 0 Å². The maximum atomic E-state index is 14.0. The predicted molar refractivity (Wildman–Crippen MR) is 135 cm³/mol. The molecule has 1 amide bonds. The van der Waals surface area contributed by atoms with Crippen molar-refractivity contribution in [3.8, 4) is 11.1 Å². The summed E-state index contributed by atoms with van der Waals surface area (Å²) in [6, 6.07) is 9.42. The first-order chi connectivity index (χ1) is 17.4. The molecule has 2 N–H and O–H groups in total. The van der Waals surface area contributed by atoms with Gasteiger partial charge in [-0.25, -0.2) is 31.5 Å². The average Bonchev–Trinajstić information content (AvgIpc) is 3.00. The molecule has 1 unspecified atom stereocenters. The highest BCUT2D eigenvalue weighted by atomic mass is 32.2. The molecule has 11 heteroatoms. The van der Waals surface area contributed by atoms with Gasteiger partial charge in [-0.05, 0) is 54.8 Å². The number of carbonyl (C=O) groups is 1. The Kier molecular flexibility index (Phi) is 7.27. The van der Waals surface area contributed by atoms with Gasteiger partial charge in [0.25, 0.3) is 5.91 Å². The number of aromatic nitrogens is 1. The minimum atomic E-state index is -3.03. The summed E-state index contributed by atoms with van der Waals surface area (Å²) >= 11 is 0. The number of amides is 1. The zero-order valence-corrected chi connectivity index (χ0v) is 21.1. The summed E-state index contributed by atoms with van der Waals surface area (Å²) in [4.78, 5) is 19.9. The Morgan fingerprint density at radius 2 is 1.86 bits per heavy atom. The van der Waals surface area contributed by atoms with Gasteiger partial charge in [-0.1, -0.05) is 12.1 Å². The van der Waals surface area contributed by atoms with Crippen LogP contribution in [0.15, 0.2) is 53.6 Å². The molecule has 1 aliphatic rings. The number of nitrogens with one attached hydrogen (secondary N) is 2. The highest BCUT2D eigenvalue weighted by Gasteiger charge is 2.33. The van der Waals surface area contributed by atoms with Crippen LogP contribution in [0.25, 0.3) is 11.1 Å². The van der Waals surface area contributed by atoms with E-state index in [1.165, 1.54) is 30.7 Å². The molecule has 3 aromatic rings. The number of carbonyl (C=O) groups excluding carboxylic acids is 1. The van der Waals surface area contributed by atoms with Gasteiger partial charge >= 0.3 is 0 Å². The average molecular weight is 535 g/mol. The second-order valence-electron chi connectivity index (χ2n) is 9.15. The van der Waals surface area contributed by atoms with Crippen LogP contribution in [0.3, 0.4) is 0 Å². The van der Waals surface area contributed by atoms with Crippen molar-refractivity contribution in [1.82, 2.24) is 4.98 Å². The maximum absolute atomic E-state index is 14.0. The molecule has 0 saturated carbocycles. The predicted octanol–water partition coefficient (Wildman–Crippen LogP) is 6.25. The first-order valence-corrected chi connectivity index (χ1v) is 13.6. The van der Waals surface area contributed by atoms with Crippen LogP contribution in [0.5, 0.6) is 0 Å². The Hall–Kier alpha value is -3.47. The zero-order chi connectivity index (χ0) is 27.0. The number of hydrogen-bond donors (Lipinski definition) is 2. The molecule has 0 radical (unpaired) electrons. The van der Waals surface area contributed by atoms with E-state index in [9.17, 15) is 26.6 Å². The summed E-state index contributed by atoms with van der Waals surface area (Å²) < 4.78 is 75.6. The summed E-state index contributed by atoms with van der Waals surface area (Å²) in [5.74, 6) is -5.30. The van der Waals surface area contributed by atoms with Gasteiger partial charge in [0.15, 0.2) is 11.6 Å². The van der Waals surface area contributed by atoms with E-state index < -0.39 is 39.6 Å². The van der Waals surface area contributed by atoms with Crippen LogP contribution >= 0.6 is 0 Å². The van der Waals surface area contributed by atoms with E-state index in [0.29, 0.717) is 16.7 Å². The number of alkyl halides is 2. The molecule has 2 heterocycles. The highest BCUT2D eigenvalue weighted by molar-refractivity contribution is 7.91. The molecule has 1 aromatic heterocycles. The molecular weight excluding hydrogens is 508 g/mol. The lowest BCUT2D eigenvalue weighted by Crippen LogP contribution is -2.30. The lowest BCUT2D eigenvalue weighted by atomic mass is 9.97. The van der Waals surface area contributed by atoms with E-state index in [2.05, 4.69) is 10.3 Å². The van der Waals surface area contributed by atoms with Gasteiger partial charge in [0, 0.05) is 54.5 Å². The van der Waals surface area contributed by atoms with E-state index in [1.807, 2.05) is 0 Å². The minimum absolute atomic E-state index is 0.0174. The summed E-state index contributed by atoms with van der Waals surface area (Å²) in [7, 11) is -3.03. The van der Waals surface area contributed by atoms with E-state index in [-0.39, 0.29) is 47.9 Å². The van der Waals surface area contributed by atoms with Crippen LogP contribution in [0.1, 0.15) is 35.2 Å². The van der Waals surface area contributed by atoms with Gasteiger partial charge in [0.05, 0.1) is 15.3 Å². The lowest BCUT2D eigenvalue weighted by Gasteiger charge is -2.26. The fraction of sp³-hybridized carbons (Fsp3) is 0.308. The molecule has 37 heavy (non-hydrogen) atoms. The molecular formula is C26H26F4N4O2S. The van der Waals surface area contributed by atoms with Crippen molar-refractivity contribution in [2.24, 2.45) is 0 Å². The largest absolute Gasteiger partial charge is 0.356 e. The highest BCUT2D eigenvalue weighted by Crippen LogP contribution is 2.35. The van der Waals surface area contributed by atoms with Crippen molar-refractivity contribution in [3.63, 3.8) is 0 Å². The van der Waals surface area contributed by atoms with Crippen LogP contribution in [0.2, 0.25) is 0 Å². The molecule has 0 bridgehead atoms. The summed E-state index contributed by atoms with van der Waals surface area (Å²) in [6.07, 6.45) is 2.23. The first kappa shape index (κ1) is 26.6. The molecule has 4 rings (SSSR count). The van der Waals surface area contributed by atoms with Gasteiger partial charge in [-0.15, -0.1) is 0 Å². The Morgan fingerprint density at radius 1 is 1.11 bits per heavy atom. The number of benzene rings is 2. The van der Waals surface area contributed by atoms with Gasteiger partial charge in [0.2, 0.25) is 5.92 Å². The minimum Gasteiger partial charge on any atom is -0.356 e. The monoisotopic (exact) mass is 534 g/mol. The first-order valence-electron chi connectivity index (χ1n) is 11.6. The molecule has 196 valence electrons. The summed E-state index contributed by atoms with van der Waals surface area (Å²) in [5, 5.41) is 2.73. The molecule has 1 atom stereocenters. The SMILES string of the molecule is Cc1c(-c2ccc(F)c(F)c2)cnc(N2CCCC(F)(F)CC2)c1C(=O)Nc1cccc(S(C)(=N)=O)c1. The summed E-state index contributed by atoms with van der Waals surface area (Å²) in [6.45, 7) is 1.87. The maximum Gasteiger partial charge on any atom is 0.259 e. The van der Waals surface area contributed by atoms with Gasteiger partial charge in [0.1, 0.15) is 5.82 Å². The van der Waals surface area contributed by atoms with E-state index in [4.69, 9.17) is 4.78 Å². The lowest BCUT2D eigenvalue weighted by molar-refractivity contribution is -0.0102. The van der Waals surface area contributed by atoms with Crippen LogP contribution in [-0.2, 0) is 9.73 Å². The second-order valence-corrected chi connectivity index (χ2v) is 11.3. The molecule has 1 aliphatic heterocycles. The van der Waals surface area contributed by atoms with Crippen LogP contribution in [-0.4, -0.2) is 40.4 Å². The van der Waals surface area contributed by atoms with Gasteiger partial charge in [-0.2, -0.15) is 0 Å². The van der Waals surface area contributed by atoms with E-state index in [0.717, 1.165) is 12.1 Å². The van der Waals surface area contributed by atoms with Gasteiger partial charge < -0.3 is 10.2 Å². The number of rotatable bonds is 5. The van der Waals surface area contributed by atoms with Gasteiger partial charge in [-0.3, -0.25) is 4.79 Å². The second kappa shape index (κ2) is 10.1. The summed E-state index contributed by atoms with van der Waals surface area (Å²) in [5.41, 5.74) is 1.47. The normalized spacial score (nSPS) is 17.1. The Balaban J connectivity index is 1.80. The number of nitrogens with zero attached hydrogens (tertiary/aromatic N) is 2. The number of halogens is 4. The zero-order valence-electron chi connectivity index (χ0n) is 20.3. The fourth-order valence-electron chi connectivity index (χ4n) is 4.34. The van der Waals surface area contributed by atoms with Crippen molar-refractivity contribution in [1.29, 1.82) is 4.78 Å². The Labute approximate surface area is 212 Å². The van der Waals surface area contributed by atoms with Crippen molar-refractivity contribution < 1.29 is 26.6 Å². The molecule has 6 nitrogen and oxygen atoms in total. The third-order valence-electron chi connectivity index (χ3n) is 6.34. The van der Waals surface area contributed by atoms with Crippen molar-refractivity contribution in [2.45, 2.75) is 37.0 Å². The Bertz CT molecular complexity index is 1460. The molecule has 2 aromatic carbocycles. The van der Waals surface area contributed by atoms with Crippen LogP contribution in [0.4, 0.5) is 29.1 Å². The van der Waals surface area contributed by atoms with Crippen molar-refractivity contribution in [2.75, 3.05) is 29.6 Å². The van der Waals surface area contributed by atoms with Crippen molar-refractivity contribution >= 4 is 27.1 Å². The number of anilines is 2. The topological polar surface area (TPSA) is 86.2 Å². The number of hydrogen-bond acceptors (Lipinski definition) is 5. The third kappa shape index (κ3) is 5.93. The molecule has 1 saturated heterocycles. The fourth-order valence-corrected chi connectivity index (χ4v) is 5.03. The standard InChI is InChI=1S/C26H26F4N4O2S/c1-16-20(17-7-8-21(27)22(28)13-17)15-32-24(34-11-4-9-26(29,30)10-12-34)23(16)25(35)33-18-5-3-6-19(14-18)37(2,31)36/h3,5-8,13-15,31H,4,9-12H2,1-2H3,(H,33,35). The molecule has 0 aliphatic carbocycles. The van der Waals surface area contributed by atoms with Crippen LogP contribution in [0, 0.1) is 23.3 Å². The third-order valence-corrected chi connectivity index (χ3v) is 7.49. The quantitative estimate of drug-likeness (QED) is 0.379.